The lowest BCUT2D eigenvalue weighted by molar-refractivity contribution is -0.145. The molecular weight excluding hydrogens is 234 g/mol. The second-order valence-electron chi connectivity index (χ2n) is 3.54. The van der Waals surface area contributed by atoms with E-state index in [1.54, 1.807) is 0 Å². The number of thiophene rings is 1. The molecule has 0 radical (unpaired) electrons. The molecule has 2 heterocycles. The quantitative estimate of drug-likeness (QED) is 0.809. The van der Waals surface area contributed by atoms with Gasteiger partial charge in [-0.3, -0.25) is 4.79 Å². The van der Waals surface area contributed by atoms with Crippen LogP contribution in [-0.4, -0.2) is 26.2 Å². The van der Waals surface area contributed by atoms with E-state index >= 15 is 0 Å². The lowest BCUT2D eigenvalue weighted by atomic mass is 9.95. The van der Waals surface area contributed by atoms with Crippen molar-refractivity contribution in [1.29, 1.82) is 0 Å². The number of ether oxygens (including phenoxy) is 1. The number of carbonyl (C=O) groups is 1. The van der Waals surface area contributed by atoms with Gasteiger partial charge in [-0.25, -0.2) is 0 Å². The third-order valence-electron chi connectivity index (χ3n) is 2.68. The average Bonchev–Trinajstić information content (AvgIpc) is 2.84. The summed E-state index contributed by atoms with van der Waals surface area (Å²) in [7, 11) is 1.43. The van der Waals surface area contributed by atoms with E-state index in [-0.39, 0.29) is 17.8 Å². The van der Waals surface area contributed by atoms with E-state index in [1.807, 2.05) is 12.1 Å². The first-order valence-corrected chi connectivity index (χ1v) is 5.95. The number of halogens is 1. The van der Waals surface area contributed by atoms with Crippen LogP contribution in [-0.2, 0) is 9.53 Å². The van der Waals surface area contributed by atoms with E-state index in [1.165, 1.54) is 18.4 Å². The maximum absolute atomic E-state index is 11.5. The van der Waals surface area contributed by atoms with Crippen LogP contribution in [0.25, 0.3) is 0 Å². The molecule has 0 saturated carbocycles. The van der Waals surface area contributed by atoms with Gasteiger partial charge in [0.2, 0.25) is 0 Å². The van der Waals surface area contributed by atoms with Crippen molar-refractivity contribution in [2.75, 3.05) is 20.2 Å². The SMILES string of the molecule is COC(=O)[C@@H]1CNC[C@@H]1c1ccc(Cl)s1. The number of esters is 1. The molecule has 0 bridgehead atoms. The van der Waals surface area contributed by atoms with Crippen molar-refractivity contribution in [3.8, 4) is 0 Å². The summed E-state index contributed by atoms with van der Waals surface area (Å²) in [5.74, 6) is -0.0193. The molecule has 3 nitrogen and oxygen atoms in total. The Hall–Kier alpha value is -0.580. The number of methoxy groups -OCH3 is 1. The highest BCUT2D eigenvalue weighted by molar-refractivity contribution is 7.16. The van der Waals surface area contributed by atoms with Crippen LogP contribution >= 0.6 is 22.9 Å². The van der Waals surface area contributed by atoms with Crippen LogP contribution in [0.1, 0.15) is 10.8 Å². The lowest BCUT2D eigenvalue weighted by Gasteiger charge is -2.14. The maximum Gasteiger partial charge on any atom is 0.310 e. The molecule has 0 aliphatic carbocycles. The summed E-state index contributed by atoms with van der Waals surface area (Å²) in [4.78, 5) is 12.7. The van der Waals surface area contributed by atoms with Crippen LogP contribution in [0, 0.1) is 5.92 Å². The lowest BCUT2D eigenvalue weighted by Crippen LogP contribution is -2.22. The molecule has 1 aliphatic heterocycles. The van der Waals surface area contributed by atoms with Gasteiger partial charge in [-0.15, -0.1) is 11.3 Å². The molecule has 1 saturated heterocycles. The Morgan fingerprint density at radius 1 is 1.60 bits per heavy atom. The first-order chi connectivity index (χ1) is 7.22. The predicted octanol–water partition coefficient (Wildman–Crippen LogP) is 1.88. The molecule has 1 N–H and O–H groups in total. The van der Waals surface area contributed by atoms with Gasteiger partial charge >= 0.3 is 5.97 Å². The van der Waals surface area contributed by atoms with Gasteiger partial charge in [-0.1, -0.05) is 11.6 Å². The Morgan fingerprint density at radius 3 is 3.00 bits per heavy atom. The van der Waals surface area contributed by atoms with E-state index in [0.29, 0.717) is 6.54 Å². The van der Waals surface area contributed by atoms with Crippen LogP contribution in [0.5, 0.6) is 0 Å². The molecule has 0 spiro atoms. The Kier molecular flexibility index (Phi) is 3.29. The van der Waals surface area contributed by atoms with E-state index in [9.17, 15) is 4.79 Å². The van der Waals surface area contributed by atoms with Crippen LogP contribution in [0.15, 0.2) is 12.1 Å². The minimum absolute atomic E-state index is 0.0790. The average molecular weight is 246 g/mol. The van der Waals surface area contributed by atoms with Crippen molar-refractivity contribution in [1.82, 2.24) is 5.32 Å². The second-order valence-corrected chi connectivity index (χ2v) is 5.28. The second kappa shape index (κ2) is 4.51. The van der Waals surface area contributed by atoms with E-state index in [0.717, 1.165) is 15.8 Å². The van der Waals surface area contributed by atoms with Crippen molar-refractivity contribution in [3.05, 3.63) is 21.3 Å². The van der Waals surface area contributed by atoms with Gasteiger partial charge in [-0.05, 0) is 12.1 Å². The van der Waals surface area contributed by atoms with Gasteiger partial charge in [0.25, 0.3) is 0 Å². The highest BCUT2D eigenvalue weighted by Gasteiger charge is 2.35. The first kappa shape index (κ1) is 10.9. The zero-order valence-corrected chi connectivity index (χ0v) is 9.90. The Labute approximate surface area is 97.4 Å². The van der Waals surface area contributed by atoms with Crippen molar-refractivity contribution in [2.45, 2.75) is 5.92 Å². The summed E-state index contributed by atoms with van der Waals surface area (Å²) in [6.45, 7) is 1.50. The smallest absolute Gasteiger partial charge is 0.310 e. The zero-order valence-electron chi connectivity index (χ0n) is 8.33. The van der Waals surface area contributed by atoms with Gasteiger partial charge < -0.3 is 10.1 Å². The number of nitrogens with one attached hydrogen (secondary N) is 1. The fraction of sp³-hybridized carbons (Fsp3) is 0.500. The molecule has 2 rings (SSSR count). The molecule has 1 aromatic heterocycles. The summed E-state index contributed by atoms with van der Waals surface area (Å²) in [6.07, 6.45) is 0. The predicted molar refractivity (Wildman–Crippen MR) is 60.4 cm³/mol. The van der Waals surface area contributed by atoms with Crippen molar-refractivity contribution < 1.29 is 9.53 Å². The Balaban J connectivity index is 2.18. The summed E-state index contributed by atoms with van der Waals surface area (Å²) in [5, 5.41) is 3.21. The van der Waals surface area contributed by atoms with Crippen molar-refractivity contribution >= 4 is 28.9 Å². The highest BCUT2D eigenvalue weighted by atomic mass is 35.5. The van der Waals surface area contributed by atoms with Gasteiger partial charge in [0.1, 0.15) is 0 Å². The minimum atomic E-state index is -0.144. The molecule has 5 heteroatoms. The monoisotopic (exact) mass is 245 g/mol. The molecule has 1 aliphatic rings. The molecule has 0 unspecified atom stereocenters. The minimum Gasteiger partial charge on any atom is -0.469 e. The molecule has 0 aromatic carbocycles. The van der Waals surface area contributed by atoms with Gasteiger partial charge in [0.15, 0.2) is 0 Å². The van der Waals surface area contributed by atoms with Gasteiger partial charge in [0.05, 0.1) is 17.4 Å². The summed E-state index contributed by atoms with van der Waals surface area (Å²) in [5.41, 5.74) is 0. The van der Waals surface area contributed by atoms with Crippen molar-refractivity contribution in [2.24, 2.45) is 5.92 Å². The van der Waals surface area contributed by atoms with E-state index in [2.05, 4.69) is 5.32 Å². The topological polar surface area (TPSA) is 38.3 Å². The Bertz CT molecular complexity index is 366. The Morgan fingerprint density at radius 2 is 2.40 bits per heavy atom. The van der Waals surface area contributed by atoms with Crippen LogP contribution in [0.2, 0.25) is 4.34 Å². The molecule has 82 valence electrons. The van der Waals surface area contributed by atoms with Crippen LogP contribution in [0.4, 0.5) is 0 Å². The third-order valence-corrected chi connectivity index (χ3v) is 4.04. The van der Waals surface area contributed by atoms with Crippen molar-refractivity contribution in [3.63, 3.8) is 0 Å². The van der Waals surface area contributed by atoms with Gasteiger partial charge in [-0.2, -0.15) is 0 Å². The van der Waals surface area contributed by atoms with Gasteiger partial charge in [0, 0.05) is 23.9 Å². The molecular formula is C10H12ClNO2S. The van der Waals surface area contributed by atoms with Crippen LogP contribution in [0.3, 0.4) is 0 Å². The number of hydrogen-bond acceptors (Lipinski definition) is 4. The number of carbonyl (C=O) groups excluding carboxylic acids is 1. The zero-order chi connectivity index (χ0) is 10.8. The van der Waals surface area contributed by atoms with E-state index < -0.39 is 0 Å². The maximum atomic E-state index is 11.5. The summed E-state index contributed by atoms with van der Waals surface area (Å²) >= 11 is 7.42. The highest BCUT2D eigenvalue weighted by Crippen LogP contribution is 2.35. The fourth-order valence-electron chi connectivity index (χ4n) is 1.90. The fourth-order valence-corrected chi connectivity index (χ4v) is 3.13. The van der Waals surface area contributed by atoms with E-state index in [4.69, 9.17) is 16.3 Å². The first-order valence-electron chi connectivity index (χ1n) is 4.76. The number of rotatable bonds is 2. The third kappa shape index (κ3) is 2.17. The molecule has 1 aromatic rings. The molecule has 1 fully saturated rings. The summed E-state index contributed by atoms with van der Waals surface area (Å²) in [6, 6.07) is 3.86. The molecule has 2 atom stereocenters. The largest absolute Gasteiger partial charge is 0.469 e. The standard InChI is InChI=1S/C10H12ClNO2S/c1-14-10(13)7-5-12-4-6(7)8-2-3-9(11)15-8/h2-3,6-7,12H,4-5H2,1H3/t6-,7+/m0/s1. The number of hydrogen-bond donors (Lipinski definition) is 1. The normalized spacial score (nSPS) is 25.5. The summed E-state index contributed by atoms with van der Waals surface area (Å²) < 4.78 is 5.55. The molecule has 15 heavy (non-hydrogen) atoms. The van der Waals surface area contributed by atoms with Crippen LogP contribution < -0.4 is 5.32 Å². The molecule has 0 amide bonds.